The first-order valence-electron chi connectivity index (χ1n) is 4.45. The van der Waals surface area contributed by atoms with Crippen LogP contribution in [0.3, 0.4) is 0 Å². The van der Waals surface area contributed by atoms with Crippen molar-refractivity contribution >= 4 is 11.0 Å². The van der Waals surface area contributed by atoms with E-state index in [1.807, 2.05) is 13.8 Å². The molecule has 0 saturated heterocycles. The van der Waals surface area contributed by atoms with E-state index in [1.54, 1.807) is 18.2 Å². The minimum absolute atomic E-state index is 0.0369. The van der Waals surface area contributed by atoms with Crippen molar-refractivity contribution in [2.45, 2.75) is 20.0 Å². The van der Waals surface area contributed by atoms with E-state index in [9.17, 15) is 4.79 Å². The summed E-state index contributed by atoms with van der Waals surface area (Å²) in [5.41, 5.74) is 0.268. The normalized spacial score (nSPS) is 11.1. The second-order valence-electron chi connectivity index (χ2n) is 3.33. The minimum Gasteiger partial charge on any atom is -0.490 e. The van der Waals surface area contributed by atoms with Gasteiger partial charge < -0.3 is 9.26 Å². The predicted molar refractivity (Wildman–Crippen MR) is 52.6 cm³/mol. The molecule has 0 aliphatic carbocycles. The van der Waals surface area contributed by atoms with Crippen molar-refractivity contribution in [1.29, 1.82) is 0 Å². The molecule has 14 heavy (non-hydrogen) atoms. The summed E-state index contributed by atoms with van der Waals surface area (Å²) < 4.78 is 10.4. The maximum absolute atomic E-state index is 11.4. The van der Waals surface area contributed by atoms with Gasteiger partial charge in [-0.15, -0.1) is 0 Å². The molecule has 1 aromatic heterocycles. The van der Waals surface area contributed by atoms with Crippen molar-refractivity contribution < 1.29 is 9.26 Å². The Bertz CT molecular complexity index is 495. The van der Waals surface area contributed by atoms with Crippen LogP contribution in [0.25, 0.3) is 11.0 Å². The standard InChI is InChI=1S/C10H11NO3/c1-6(2)13-7-4-3-5-8-9(7)10(12)11-14-8/h3-6H,1-2H3,(H,11,12). The lowest BCUT2D eigenvalue weighted by molar-refractivity contribution is 0.245. The van der Waals surface area contributed by atoms with Crippen molar-refractivity contribution in [3.63, 3.8) is 0 Å². The molecular weight excluding hydrogens is 182 g/mol. The van der Waals surface area contributed by atoms with E-state index in [2.05, 4.69) is 5.16 Å². The summed E-state index contributed by atoms with van der Waals surface area (Å²) in [5, 5.41) is 2.75. The molecule has 74 valence electrons. The molecule has 0 aliphatic rings. The number of benzene rings is 1. The Balaban J connectivity index is 2.63. The van der Waals surface area contributed by atoms with Gasteiger partial charge in [0, 0.05) is 0 Å². The lowest BCUT2D eigenvalue weighted by Crippen LogP contribution is -2.08. The monoisotopic (exact) mass is 193 g/mol. The first-order chi connectivity index (χ1) is 6.68. The Labute approximate surface area is 80.4 Å². The summed E-state index contributed by atoms with van der Waals surface area (Å²) >= 11 is 0. The van der Waals surface area contributed by atoms with Crippen LogP contribution >= 0.6 is 0 Å². The summed E-state index contributed by atoms with van der Waals surface area (Å²) in [6, 6.07) is 5.27. The van der Waals surface area contributed by atoms with Crippen LogP contribution in [0.4, 0.5) is 0 Å². The molecular formula is C10H11NO3. The number of rotatable bonds is 2. The van der Waals surface area contributed by atoms with Crippen molar-refractivity contribution in [3.05, 3.63) is 28.6 Å². The number of nitrogens with one attached hydrogen (secondary N) is 1. The molecule has 1 aromatic carbocycles. The molecule has 0 spiro atoms. The Morgan fingerprint density at radius 3 is 2.93 bits per heavy atom. The van der Waals surface area contributed by atoms with Crippen molar-refractivity contribution in [3.8, 4) is 5.75 Å². The number of fused-ring (bicyclic) bond motifs is 1. The highest BCUT2D eigenvalue weighted by Gasteiger charge is 2.10. The van der Waals surface area contributed by atoms with Crippen molar-refractivity contribution in [2.24, 2.45) is 0 Å². The highest BCUT2D eigenvalue weighted by Crippen LogP contribution is 2.22. The second kappa shape index (κ2) is 3.21. The molecule has 4 nitrogen and oxygen atoms in total. The van der Waals surface area contributed by atoms with Crippen LogP contribution in [0, 0.1) is 0 Å². The number of aromatic amines is 1. The highest BCUT2D eigenvalue weighted by molar-refractivity contribution is 5.82. The van der Waals surface area contributed by atoms with Crippen molar-refractivity contribution in [2.75, 3.05) is 0 Å². The molecule has 0 unspecified atom stereocenters. The van der Waals surface area contributed by atoms with Gasteiger partial charge in [-0.1, -0.05) is 6.07 Å². The Kier molecular flexibility index (Phi) is 2.04. The number of H-pyrrole nitrogens is 1. The van der Waals surface area contributed by atoms with Gasteiger partial charge in [-0.25, -0.2) is 0 Å². The molecule has 4 heteroatoms. The van der Waals surface area contributed by atoms with E-state index in [4.69, 9.17) is 9.26 Å². The Hall–Kier alpha value is -1.71. The summed E-state index contributed by atoms with van der Waals surface area (Å²) in [7, 11) is 0. The molecule has 0 radical (unpaired) electrons. The van der Waals surface area contributed by atoms with Gasteiger partial charge in [0.25, 0.3) is 5.56 Å². The zero-order valence-corrected chi connectivity index (χ0v) is 8.03. The van der Waals surface area contributed by atoms with E-state index in [1.165, 1.54) is 0 Å². The van der Waals surface area contributed by atoms with Gasteiger partial charge in [-0.3, -0.25) is 4.79 Å². The molecule has 0 fully saturated rings. The van der Waals surface area contributed by atoms with Crippen LogP contribution in [0.5, 0.6) is 5.75 Å². The summed E-state index contributed by atoms with van der Waals surface area (Å²) in [6.45, 7) is 3.82. The molecule has 0 amide bonds. The lowest BCUT2D eigenvalue weighted by atomic mass is 10.2. The SMILES string of the molecule is CC(C)Oc1cccc2o[nH]c(=O)c12. The fraction of sp³-hybridized carbons (Fsp3) is 0.300. The Morgan fingerprint density at radius 1 is 1.43 bits per heavy atom. The second-order valence-corrected chi connectivity index (χ2v) is 3.33. The van der Waals surface area contributed by atoms with Gasteiger partial charge in [0.15, 0.2) is 5.58 Å². The largest absolute Gasteiger partial charge is 0.490 e. The summed E-state index contributed by atoms with van der Waals surface area (Å²) in [5.74, 6) is 0.562. The van der Waals surface area contributed by atoms with Gasteiger partial charge in [-0.05, 0) is 26.0 Å². The topological polar surface area (TPSA) is 55.2 Å². The van der Waals surface area contributed by atoms with Crippen LogP contribution in [-0.2, 0) is 0 Å². The van der Waals surface area contributed by atoms with Crippen LogP contribution in [0.2, 0.25) is 0 Å². The molecule has 2 rings (SSSR count). The Morgan fingerprint density at radius 2 is 2.21 bits per heavy atom. The van der Waals surface area contributed by atoms with E-state index in [0.29, 0.717) is 16.7 Å². The molecule has 0 aliphatic heterocycles. The van der Waals surface area contributed by atoms with Crippen molar-refractivity contribution in [1.82, 2.24) is 5.16 Å². The fourth-order valence-electron chi connectivity index (χ4n) is 1.32. The zero-order valence-electron chi connectivity index (χ0n) is 8.03. The number of aromatic nitrogens is 1. The number of hydrogen-bond donors (Lipinski definition) is 1. The third kappa shape index (κ3) is 1.39. The van der Waals surface area contributed by atoms with E-state index in [0.717, 1.165) is 0 Å². The quantitative estimate of drug-likeness (QED) is 0.792. The van der Waals surface area contributed by atoms with Crippen LogP contribution in [0.15, 0.2) is 27.5 Å². The lowest BCUT2D eigenvalue weighted by Gasteiger charge is -2.08. The van der Waals surface area contributed by atoms with E-state index < -0.39 is 0 Å². The molecule has 2 aromatic rings. The molecule has 0 bridgehead atoms. The smallest absolute Gasteiger partial charge is 0.291 e. The van der Waals surface area contributed by atoms with Gasteiger partial charge in [-0.2, -0.15) is 5.16 Å². The minimum atomic E-state index is -0.253. The third-order valence-electron chi connectivity index (χ3n) is 1.83. The molecule has 0 atom stereocenters. The van der Waals surface area contributed by atoms with Gasteiger partial charge in [0.05, 0.1) is 6.10 Å². The van der Waals surface area contributed by atoms with E-state index >= 15 is 0 Å². The average molecular weight is 193 g/mol. The molecule has 0 saturated carbocycles. The predicted octanol–water partition coefficient (Wildman–Crippen LogP) is 1.91. The van der Waals surface area contributed by atoms with Gasteiger partial charge in [0.1, 0.15) is 11.1 Å². The molecule has 1 N–H and O–H groups in total. The summed E-state index contributed by atoms with van der Waals surface area (Å²) in [4.78, 5) is 11.4. The van der Waals surface area contributed by atoms with E-state index in [-0.39, 0.29) is 11.7 Å². The first-order valence-corrected chi connectivity index (χ1v) is 4.45. The van der Waals surface area contributed by atoms with Crippen LogP contribution in [-0.4, -0.2) is 11.3 Å². The first kappa shape index (κ1) is 8.87. The van der Waals surface area contributed by atoms with Crippen LogP contribution < -0.4 is 10.3 Å². The van der Waals surface area contributed by atoms with Gasteiger partial charge in [0.2, 0.25) is 0 Å². The highest BCUT2D eigenvalue weighted by atomic mass is 16.5. The third-order valence-corrected chi connectivity index (χ3v) is 1.83. The van der Waals surface area contributed by atoms with Crippen LogP contribution in [0.1, 0.15) is 13.8 Å². The zero-order chi connectivity index (χ0) is 10.1. The maximum Gasteiger partial charge on any atom is 0.291 e. The number of hydrogen-bond acceptors (Lipinski definition) is 3. The summed E-state index contributed by atoms with van der Waals surface area (Å²) in [6.07, 6.45) is 0.0369. The average Bonchev–Trinajstić information content (AvgIpc) is 2.48. The van der Waals surface area contributed by atoms with Gasteiger partial charge >= 0.3 is 0 Å². The maximum atomic E-state index is 11.4. The number of ether oxygens (including phenoxy) is 1. The fourth-order valence-corrected chi connectivity index (χ4v) is 1.32. The molecule has 1 heterocycles.